The third-order valence-electron chi connectivity index (χ3n) is 2.20. The minimum Gasteiger partial charge on any atom is -0.466 e. The van der Waals surface area contributed by atoms with E-state index in [1.165, 1.54) is 12.1 Å². The zero-order valence-corrected chi connectivity index (χ0v) is 10.0. The minimum absolute atomic E-state index is 0.100. The van der Waals surface area contributed by atoms with E-state index in [9.17, 15) is 14.0 Å². The summed E-state index contributed by atoms with van der Waals surface area (Å²) in [6, 6.07) is 3.87. The van der Waals surface area contributed by atoms with Crippen LogP contribution in [-0.4, -0.2) is 25.0 Å². The maximum Gasteiger partial charge on any atom is 0.307 e. The number of nitrogens with one attached hydrogen (secondary N) is 1. The van der Waals surface area contributed by atoms with E-state index in [1.54, 1.807) is 6.92 Å². The highest BCUT2D eigenvalue weighted by atomic mass is 19.1. The first-order chi connectivity index (χ1) is 8.54. The van der Waals surface area contributed by atoms with Crippen molar-refractivity contribution in [2.75, 3.05) is 18.5 Å². The molecule has 18 heavy (non-hydrogen) atoms. The Bertz CT molecular complexity index is 449. The number of hydrogen-bond donors (Lipinski definition) is 2. The summed E-state index contributed by atoms with van der Waals surface area (Å²) in [5.41, 5.74) is 5.33. The average Bonchev–Trinajstić information content (AvgIpc) is 2.31. The van der Waals surface area contributed by atoms with Crippen LogP contribution in [0.1, 0.15) is 23.7 Å². The Hall–Kier alpha value is -2.11. The van der Waals surface area contributed by atoms with Crippen LogP contribution in [0.4, 0.5) is 10.1 Å². The number of carbonyl (C=O) groups is 2. The van der Waals surface area contributed by atoms with Crippen molar-refractivity contribution in [1.82, 2.24) is 0 Å². The predicted molar refractivity (Wildman–Crippen MR) is 64.7 cm³/mol. The molecule has 0 heterocycles. The number of benzene rings is 1. The van der Waals surface area contributed by atoms with Crippen molar-refractivity contribution < 1.29 is 18.7 Å². The third kappa shape index (κ3) is 4.04. The molecular weight excluding hydrogens is 239 g/mol. The maximum absolute atomic E-state index is 13.5. The van der Waals surface area contributed by atoms with E-state index < -0.39 is 11.7 Å². The van der Waals surface area contributed by atoms with Crippen molar-refractivity contribution in [1.29, 1.82) is 0 Å². The Labute approximate surface area is 104 Å². The number of esters is 1. The van der Waals surface area contributed by atoms with Crippen LogP contribution >= 0.6 is 0 Å². The lowest BCUT2D eigenvalue weighted by Gasteiger charge is -2.08. The van der Waals surface area contributed by atoms with Crippen molar-refractivity contribution in [2.24, 2.45) is 5.73 Å². The minimum atomic E-state index is -0.688. The number of nitrogens with two attached hydrogens (primary N) is 1. The summed E-state index contributed by atoms with van der Waals surface area (Å²) < 4.78 is 18.2. The summed E-state index contributed by atoms with van der Waals surface area (Å²) in [6.45, 7) is 2.29. The molecule has 0 bridgehead atoms. The van der Waals surface area contributed by atoms with Crippen molar-refractivity contribution in [3.63, 3.8) is 0 Å². The first-order valence-corrected chi connectivity index (χ1v) is 5.53. The fourth-order valence-electron chi connectivity index (χ4n) is 1.34. The fourth-order valence-corrected chi connectivity index (χ4v) is 1.34. The van der Waals surface area contributed by atoms with Gasteiger partial charge in [0.2, 0.25) is 5.91 Å². The number of hydrogen-bond acceptors (Lipinski definition) is 4. The molecule has 0 aromatic heterocycles. The first kappa shape index (κ1) is 14.0. The Morgan fingerprint density at radius 1 is 1.44 bits per heavy atom. The first-order valence-electron chi connectivity index (χ1n) is 5.53. The second-order valence-corrected chi connectivity index (χ2v) is 3.54. The SMILES string of the molecule is CCOC(=O)CCNc1ccc(C(N)=O)cc1F. The summed E-state index contributed by atoms with van der Waals surface area (Å²) in [5.74, 6) is -1.62. The lowest BCUT2D eigenvalue weighted by Crippen LogP contribution is -2.13. The number of anilines is 1. The zero-order valence-electron chi connectivity index (χ0n) is 10.0. The summed E-state index contributed by atoms with van der Waals surface area (Å²) in [6.07, 6.45) is 0.144. The summed E-state index contributed by atoms with van der Waals surface area (Å²) in [7, 11) is 0. The summed E-state index contributed by atoms with van der Waals surface area (Å²) >= 11 is 0. The predicted octanol–water partition coefficient (Wildman–Crippen LogP) is 1.29. The van der Waals surface area contributed by atoms with Gasteiger partial charge in [-0.05, 0) is 25.1 Å². The molecular formula is C12H15FN2O3. The molecule has 0 aliphatic rings. The quantitative estimate of drug-likeness (QED) is 0.749. The molecule has 0 unspecified atom stereocenters. The molecule has 0 radical (unpaired) electrons. The summed E-state index contributed by atoms with van der Waals surface area (Å²) in [4.78, 5) is 21.9. The molecule has 0 spiro atoms. The molecule has 1 aromatic rings. The van der Waals surface area contributed by atoms with Gasteiger partial charge in [-0.1, -0.05) is 0 Å². The molecule has 6 heteroatoms. The van der Waals surface area contributed by atoms with Crippen LogP contribution in [0.15, 0.2) is 18.2 Å². The Morgan fingerprint density at radius 3 is 2.72 bits per heavy atom. The second kappa shape index (κ2) is 6.58. The topological polar surface area (TPSA) is 81.4 Å². The van der Waals surface area contributed by atoms with E-state index in [1.807, 2.05) is 0 Å². The van der Waals surface area contributed by atoms with Crippen molar-refractivity contribution in [2.45, 2.75) is 13.3 Å². The van der Waals surface area contributed by atoms with Gasteiger partial charge in [0.1, 0.15) is 5.82 Å². The molecule has 1 rings (SSSR count). The van der Waals surface area contributed by atoms with E-state index in [-0.39, 0.29) is 30.2 Å². The van der Waals surface area contributed by atoms with Gasteiger partial charge in [0.15, 0.2) is 0 Å². The number of primary amides is 1. The van der Waals surface area contributed by atoms with Gasteiger partial charge in [-0.25, -0.2) is 4.39 Å². The summed E-state index contributed by atoms with van der Waals surface area (Å²) in [5, 5.41) is 2.74. The molecule has 0 aliphatic heterocycles. The highest BCUT2D eigenvalue weighted by Gasteiger charge is 2.07. The lowest BCUT2D eigenvalue weighted by molar-refractivity contribution is -0.142. The van der Waals surface area contributed by atoms with Crippen LogP contribution in [-0.2, 0) is 9.53 Å². The molecule has 0 saturated carbocycles. The van der Waals surface area contributed by atoms with E-state index in [2.05, 4.69) is 5.32 Å². The second-order valence-electron chi connectivity index (χ2n) is 3.54. The van der Waals surface area contributed by atoms with Gasteiger partial charge in [-0.15, -0.1) is 0 Å². The maximum atomic E-state index is 13.5. The van der Waals surface area contributed by atoms with Gasteiger partial charge < -0.3 is 15.8 Å². The van der Waals surface area contributed by atoms with Crippen LogP contribution in [0.2, 0.25) is 0 Å². The van der Waals surface area contributed by atoms with Crippen molar-refractivity contribution in [3.05, 3.63) is 29.6 Å². The number of amides is 1. The van der Waals surface area contributed by atoms with Crippen LogP contribution < -0.4 is 11.1 Å². The molecule has 98 valence electrons. The Balaban J connectivity index is 2.53. The molecule has 1 amide bonds. The van der Waals surface area contributed by atoms with Crippen LogP contribution in [0.5, 0.6) is 0 Å². The van der Waals surface area contributed by atoms with Gasteiger partial charge in [0.05, 0.1) is 18.7 Å². The third-order valence-corrected chi connectivity index (χ3v) is 2.20. The number of ether oxygens (including phenoxy) is 1. The van der Waals surface area contributed by atoms with Crippen LogP contribution in [0.3, 0.4) is 0 Å². The number of rotatable bonds is 6. The van der Waals surface area contributed by atoms with Crippen molar-refractivity contribution in [3.8, 4) is 0 Å². The molecule has 0 saturated heterocycles. The molecule has 0 aliphatic carbocycles. The van der Waals surface area contributed by atoms with Gasteiger partial charge in [-0.3, -0.25) is 9.59 Å². The fraction of sp³-hybridized carbons (Fsp3) is 0.333. The average molecular weight is 254 g/mol. The Morgan fingerprint density at radius 2 is 2.17 bits per heavy atom. The largest absolute Gasteiger partial charge is 0.466 e. The number of halogens is 1. The smallest absolute Gasteiger partial charge is 0.307 e. The monoisotopic (exact) mass is 254 g/mol. The van der Waals surface area contributed by atoms with Gasteiger partial charge >= 0.3 is 5.97 Å². The molecule has 0 atom stereocenters. The van der Waals surface area contributed by atoms with E-state index in [0.717, 1.165) is 6.07 Å². The van der Waals surface area contributed by atoms with Gasteiger partial charge in [-0.2, -0.15) is 0 Å². The van der Waals surface area contributed by atoms with E-state index >= 15 is 0 Å². The zero-order chi connectivity index (χ0) is 13.5. The molecule has 3 N–H and O–H groups in total. The lowest BCUT2D eigenvalue weighted by atomic mass is 10.2. The molecule has 1 aromatic carbocycles. The highest BCUT2D eigenvalue weighted by Crippen LogP contribution is 2.15. The Kier molecular flexibility index (Phi) is 5.10. The van der Waals surface area contributed by atoms with E-state index in [4.69, 9.17) is 10.5 Å². The van der Waals surface area contributed by atoms with E-state index in [0.29, 0.717) is 6.61 Å². The standard InChI is InChI=1S/C12H15FN2O3/c1-2-18-11(16)5-6-15-10-4-3-8(12(14)17)7-9(10)13/h3-4,7,15H,2,5-6H2,1H3,(H2,14,17). The normalized spacial score (nSPS) is 9.89. The van der Waals surface area contributed by atoms with Crippen LogP contribution in [0.25, 0.3) is 0 Å². The highest BCUT2D eigenvalue weighted by molar-refractivity contribution is 5.93. The number of carbonyl (C=O) groups excluding carboxylic acids is 2. The van der Waals surface area contributed by atoms with Crippen LogP contribution in [0, 0.1) is 5.82 Å². The molecule has 5 nitrogen and oxygen atoms in total. The van der Waals surface area contributed by atoms with Gasteiger partial charge in [0, 0.05) is 12.1 Å². The van der Waals surface area contributed by atoms with Crippen molar-refractivity contribution >= 4 is 17.6 Å². The van der Waals surface area contributed by atoms with Gasteiger partial charge in [0.25, 0.3) is 0 Å². The molecule has 0 fully saturated rings.